The van der Waals surface area contributed by atoms with Crippen LogP contribution in [0.2, 0.25) is 5.02 Å². The number of benzene rings is 2. The molecule has 0 saturated carbocycles. The minimum Gasteiger partial charge on any atom is -0.490 e. The van der Waals surface area contributed by atoms with Crippen molar-refractivity contribution < 1.29 is 19.0 Å². The number of thiazole rings is 1. The monoisotopic (exact) mass is 554 g/mol. The highest BCUT2D eigenvalue weighted by atomic mass is 35.5. The molecule has 0 N–H and O–H groups in total. The average Bonchev–Trinajstić information content (AvgIpc) is 3.19. The van der Waals surface area contributed by atoms with Gasteiger partial charge in [-0.3, -0.25) is 9.36 Å². The second kappa shape index (κ2) is 12.0. The van der Waals surface area contributed by atoms with E-state index in [9.17, 15) is 9.59 Å². The molecule has 1 aromatic heterocycles. The Hall–Kier alpha value is -3.36. The van der Waals surface area contributed by atoms with Gasteiger partial charge in [-0.15, -0.1) is 0 Å². The molecule has 9 heteroatoms. The summed E-state index contributed by atoms with van der Waals surface area (Å²) in [5, 5.41) is 0.446. The van der Waals surface area contributed by atoms with Crippen LogP contribution in [0.15, 0.2) is 63.5 Å². The van der Waals surface area contributed by atoms with Crippen molar-refractivity contribution in [3.63, 3.8) is 0 Å². The zero-order valence-electron chi connectivity index (χ0n) is 22.1. The Kier molecular flexibility index (Phi) is 8.74. The Morgan fingerprint density at radius 1 is 1.16 bits per heavy atom. The third-order valence-corrected chi connectivity index (χ3v) is 7.51. The normalized spacial score (nSPS) is 16.1. The van der Waals surface area contributed by atoms with Crippen LogP contribution in [0.1, 0.15) is 58.2 Å². The van der Waals surface area contributed by atoms with Crippen molar-refractivity contribution in [2.75, 3.05) is 13.2 Å². The zero-order valence-corrected chi connectivity index (χ0v) is 23.7. The number of halogens is 1. The Bertz CT molecular complexity index is 1560. The summed E-state index contributed by atoms with van der Waals surface area (Å²) in [6.07, 6.45) is 2.71. The molecule has 0 amide bonds. The third kappa shape index (κ3) is 5.56. The molecule has 0 aliphatic carbocycles. The number of hydrogen-bond donors (Lipinski definition) is 0. The average molecular weight is 555 g/mol. The number of fused-ring (bicyclic) bond motifs is 1. The second-order valence-electron chi connectivity index (χ2n) is 8.80. The van der Waals surface area contributed by atoms with E-state index < -0.39 is 12.0 Å². The molecule has 1 aliphatic heterocycles. The molecule has 2 aromatic carbocycles. The summed E-state index contributed by atoms with van der Waals surface area (Å²) in [4.78, 5) is 31.9. The first-order valence-electron chi connectivity index (χ1n) is 12.7. The molecule has 200 valence electrons. The summed E-state index contributed by atoms with van der Waals surface area (Å²) in [6.45, 7) is 10.2. The van der Waals surface area contributed by atoms with Crippen LogP contribution >= 0.6 is 22.9 Å². The Morgan fingerprint density at radius 2 is 1.92 bits per heavy atom. The van der Waals surface area contributed by atoms with Gasteiger partial charge in [0.05, 0.1) is 35.1 Å². The molecule has 0 fully saturated rings. The first-order chi connectivity index (χ1) is 18.3. The van der Waals surface area contributed by atoms with E-state index in [1.165, 1.54) is 15.9 Å². The van der Waals surface area contributed by atoms with Crippen molar-refractivity contribution in [3.05, 3.63) is 89.6 Å². The van der Waals surface area contributed by atoms with Gasteiger partial charge in [0.1, 0.15) is 6.04 Å². The van der Waals surface area contributed by atoms with Crippen molar-refractivity contribution in [1.82, 2.24) is 4.57 Å². The lowest BCUT2D eigenvalue weighted by molar-refractivity contribution is -0.139. The number of esters is 1. The van der Waals surface area contributed by atoms with Crippen LogP contribution in [0.4, 0.5) is 0 Å². The fourth-order valence-corrected chi connectivity index (χ4v) is 5.50. The molecule has 0 unspecified atom stereocenters. The number of allylic oxidation sites excluding steroid dienone is 1. The van der Waals surface area contributed by atoms with Gasteiger partial charge in [0.2, 0.25) is 0 Å². The first-order valence-corrected chi connectivity index (χ1v) is 13.9. The number of aromatic nitrogens is 1. The van der Waals surface area contributed by atoms with E-state index in [1.807, 2.05) is 44.2 Å². The van der Waals surface area contributed by atoms with E-state index in [2.05, 4.69) is 11.9 Å². The van der Waals surface area contributed by atoms with Gasteiger partial charge in [-0.25, -0.2) is 9.79 Å². The molecule has 0 bridgehead atoms. The minimum atomic E-state index is -0.758. The maximum absolute atomic E-state index is 13.8. The molecule has 3 aromatic rings. The molecule has 4 rings (SSSR count). The van der Waals surface area contributed by atoms with Crippen LogP contribution in [-0.4, -0.2) is 29.9 Å². The van der Waals surface area contributed by atoms with Gasteiger partial charge in [0.15, 0.2) is 16.3 Å². The van der Waals surface area contributed by atoms with E-state index >= 15 is 0 Å². The van der Waals surface area contributed by atoms with Crippen molar-refractivity contribution in [2.45, 2.75) is 53.2 Å². The van der Waals surface area contributed by atoms with Gasteiger partial charge >= 0.3 is 5.97 Å². The quantitative estimate of drug-likeness (QED) is 0.347. The van der Waals surface area contributed by atoms with E-state index in [0.717, 1.165) is 12.0 Å². The molecule has 0 radical (unpaired) electrons. The number of ether oxygens (including phenoxy) is 3. The van der Waals surface area contributed by atoms with Crippen LogP contribution in [0, 0.1) is 0 Å². The molecule has 0 saturated heterocycles. The fraction of sp³-hybridized carbons (Fsp3) is 0.345. The molecular formula is C29H31ClN2O5S. The predicted octanol–water partition coefficient (Wildman–Crippen LogP) is 5.03. The fourth-order valence-electron chi connectivity index (χ4n) is 4.21. The summed E-state index contributed by atoms with van der Waals surface area (Å²) < 4.78 is 19.2. The largest absolute Gasteiger partial charge is 0.490 e. The lowest BCUT2D eigenvalue weighted by Gasteiger charge is -2.25. The Labute approximate surface area is 230 Å². The topological polar surface area (TPSA) is 79.1 Å². The SMILES string of the molecule is CCOC(=O)C1=C(C)N=c2s/c(=C/c3ccc(O[C@@H](C)CC)c(OCC)c3)c(=O)n2[C@@H]1c1ccccc1Cl. The second-order valence-corrected chi connectivity index (χ2v) is 10.2. The summed E-state index contributed by atoms with van der Waals surface area (Å²) in [7, 11) is 0. The van der Waals surface area contributed by atoms with Crippen molar-refractivity contribution in [2.24, 2.45) is 4.99 Å². The third-order valence-electron chi connectivity index (χ3n) is 6.19. The lowest BCUT2D eigenvalue weighted by Crippen LogP contribution is -2.40. The van der Waals surface area contributed by atoms with E-state index in [0.29, 0.717) is 49.3 Å². The minimum absolute atomic E-state index is 0.0467. The van der Waals surface area contributed by atoms with Gasteiger partial charge in [0.25, 0.3) is 5.56 Å². The van der Waals surface area contributed by atoms with Gasteiger partial charge in [0, 0.05) is 5.02 Å². The summed E-state index contributed by atoms with van der Waals surface area (Å²) in [5.41, 5.74) is 1.93. The number of carbonyl (C=O) groups excluding carboxylic acids is 1. The van der Waals surface area contributed by atoms with E-state index in [1.54, 1.807) is 32.1 Å². The van der Waals surface area contributed by atoms with Crippen LogP contribution in [0.3, 0.4) is 0 Å². The highest BCUT2D eigenvalue weighted by Crippen LogP contribution is 2.34. The van der Waals surface area contributed by atoms with Gasteiger partial charge in [-0.2, -0.15) is 0 Å². The summed E-state index contributed by atoms with van der Waals surface area (Å²) in [6, 6.07) is 12.0. The standard InChI is InChI=1S/C29H31ClN2O5S/c1-6-17(4)37-22-14-13-19(15-23(22)35-7-2)16-24-27(33)32-26(20-11-9-10-12-21(20)30)25(28(34)36-8-3)18(5)31-29(32)38-24/h9-17,26H,6-8H2,1-5H3/b24-16+/t17-,26+/m0/s1. The smallest absolute Gasteiger partial charge is 0.338 e. The van der Waals surface area contributed by atoms with Crippen LogP contribution < -0.4 is 24.4 Å². The van der Waals surface area contributed by atoms with E-state index in [-0.39, 0.29) is 18.3 Å². The lowest BCUT2D eigenvalue weighted by atomic mass is 9.96. The Balaban J connectivity index is 1.87. The molecular weight excluding hydrogens is 524 g/mol. The predicted molar refractivity (Wildman–Crippen MR) is 150 cm³/mol. The van der Waals surface area contributed by atoms with Gasteiger partial charge < -0.3 is 14.2 Å². The zero-order chi connectivity index (χ0) is 27.4. The molecule has 1 aliphatic rings. The van der Waals surface area contributed by atoms with Crippen molar-refractivity contribution in [3.8, 4) is 11.5 Å². The highest BCUT2D eigenvalue weighted by molar-refractivity contribution is 7.07. The van der Waals surface area contributed by atoms with Gasteiger partial charge in [-0.1, -0.05) is 54.1 Å². The molecule has 2 atom stereocenters. The first kappa shape index (κ1) is 27.7. The molecule has 7 nitrogen and oxygen atoms in total. The maximum atomic E-state index is 13.8. The summed E-state index contributed by atoms with van der Waals surface area (Å²) >= 11 is 7.82. The molecule has 38 heavy (non-hydrogen) atoms. The van der Waals surface area contributed by atoms with Crippen LogP contribution in [0.5, 0.6) is 11.5 Å². The Morgan fingerprint density at radius 3 is 2.61 bits per heavy atom. The van der Waals surface area contributed by atoms with Crippen LogP contribution in [0.25, 0.3) is 6.08 Å². The highest BCUT2D eigenvalue weighted by Gasteiger charge is 2.34. The van der Waals surface area contributed by atoms with E-state index in [4.69, 9.17) is 25.8 Å². The van der Waals surface area contributed by atoms with Gasteiger partial charge in [-0.05, 0) is 69.5 Å². The number of nitrogens with zero attached hydrogens (tertiary/aromatic N) is 2. The molecule has 2 heterocycles. The molecule has 0 spiro atoms. The van der Waals surface area contributed by atoms with Crippen molar-refractivity contribution in [1.29, 1.82) is 0 Å². The summed E-state index contributed by atoms with van der Waals surface area (Å²) in [5.74, 6) is 0.753. The number of hydrogen-bond acceptors (Lipinski definition) is 7. The maximum Gasteiger partial charge on any atom is 0.338 e. The van der Waals surface area contributed by atoms with Crippen molar-refractivity contribution >= 4 is 35.0 Å². The number of carbonyl (C=O) groups is 1. The van der Waals surface area contributed by atoms with Crippen LogP contribution in [-0.2, 0) is 9.53 Å². The number of rotatable bonds is 9.